The summed E-state index contributed by atoms with van der Waals surface area (Å²) in [5.41, 5.74) is 9.68. The van der Waals surface area contributed by atoms with Crippen molar-refractivity contribution in [3.63, 3.8) is 0 Å². The molecule has 8 aromatic rings. The van der Waals surface area contributed by atoms with E-state index in [9.17, 15) is 0 Å². The molecule has 0 bridgehead atoms. The van der Waals surface area contributed by atoms with Crippen molar-refractivity contribution >= 4 is 43.9 Å². The minimum absolute atomic E-state index is 0.769. The van der Waals surface area contributed by atoms with E-state index in [1.165, 1.54) is 0 Å². The number of hydrogen-bond donors (Lipinski definition) is 0. The van der Waals surface area contributed by atoms with Gasteiger partial charge in [-0.2, -0.15) is 0 Å². The molecule has 9 rings (SSSR count). The van der Waals surface area contributed by atoms with Gasteiger partial charge in [0.25, 0.3) is 0 Å². The van der Waals surface area contributed by atoms with Gasteiger partial charge in [0, 0.05) is 52.1 Å². The van der Waals surface area contributed by atoms with Crippen LogP contribution in [0.2, 0.25) is 0 Å². The molecule has 0 aliphatic carbocycles. The molecule has 2 aromatic heterocycles. The van der Waals surface area contributed by atoms with Crippen LogP contribution < -0.4 is 9.47 Å². The first-order valence-electron chi connectivity index (χ1n) is 14.5. The maximum atomic E-state index is 6.52. The van der Waals surface area contributed by atoms with Crippen LogP contribution in [0.4, 0.5) is 0 Å². The smallest absolute Gasteiger partial charge is 0.245 e. The lowest BCUT2D eigenvalue weighted by atomic mass is 9.94. The van der Waals surface area contributed by atoms with E-state index >= 15 is 0 Å². The van der Waals surface area contributed by atoms with Gasteiger partial charge in [-0.25, -0.2) is 0 Å². The lowest BCUT2D eigenvalue weighted by Gasteiger charge is -2.25. The molecule has 0 amide bonds. The zero-order valence-corrected chi connectivity index (χ0v) is 23.7. The second kappa shape index (κ2) is 8.76. The predicted octanol–water partition coefficient (Wildman–Crippen LogP) is 11.0. The number of benzene rings is 6. The predicted molar refractivity (Wildman–Crippen MR) is 173 cm³/mol. The molecule has 0 fully saturated rings. The molecule has 206 valence electrons. The van der Waals surface area contributed by atoms with Crippen LogP contribution in [0.5, 0.6) is 11.5 Å². The topological polar surface area (TPSA) is 44.7 Å². The Balaban J connectivity index is 1.19. The van der Waals surface area contributed by atoms with Crippen molar-refractivity contribution in [3.05, 3.63) is 121 Å². The van der Waals surface area contributed by atoms with E-state index in [1.54, 1.807) is 0 Å². The van der Waals surface area contributed by atoms with Gasteiger partial charge in [0.15, 0.2) is 0 Å². The Morgan fingerprint density at radius 3 is 1.93 bits per heavy atom. The quantitative estimate of drug-likeness (QED) is 0.212. The van der Waals surface area contributed by atoms with Gasteiger partial charge in [-0.3, -0.25) is 0 Å². The highest BCUT2D eigenvalue weighted by Crippen LogP contribution is 2.47. The van der Waals surface area contributed by atoms with Crippen molar-refractivity contribution in [1.29, 1.82) is 0 Å². The number of furan rings is 2. The van der Waals surface area contributed by atoms with Gasteiger partial charge in [0.2, 0.25) is 5.79 Å². The van der Waals surface area contributed by atoms with E-state index < -0.39 is 5.79 Å². The van der Waals surface area contributed by atoms with E-state index in [1.807, 2.05) is 56.3 Å². The number of para-hydroxylation sites is 3. The fourth-order valence-electron chi connectivity index (χ4n) is 6.44. The summed E-state index contributed by atoms with van der Waals surface area (Å²) in [6.07, 6.45) is 0. The van der Waals surface area contributed by atoms with E-state index in [0.717, 1.165) is 88.8 Å². The van der Waals surface area contributed by atoms with Crippen LogP contribution in [-0.2, 0) is 0 Å². The maximum absolute atomic E-state index is 6.52. The molecular formula is C39H26O4. The first kappa shape index (κ1) is 24.2. The molecule has 4 nitrogen and oxygen atoms in total. The summed E-state index contributed by atoms with van der Waals surface area (Å²) in [6.45, 7) is 3.89. The maximum Gasteiger partial charge on any atom is 0.245 e. The average molecular weight is 559 g/mol. The monoisotopic (exact) mass is 558 g/mol. The fourth-order valence-corrected chi connectivity index (χ4v) is 6.44. The second-order valence-corrected chi connectivity index (χ2v) is 11.6. The summed E-state index contributed by atoms with van der Waals surface area (Å²) in [4.78, 5) is 0. The van der Waals surface area contributed by atoms with E-state index in [2.05, 4.69) is 78.9 Å². The SMILES string of the molecule is CC1(C)Oc2cc(-c3ccc4c(c3)oc3ccccc34)ccc2-c2cc(-c3cccc4c3oc3ccccc34)ccc2O1. The van der Waals surface area contributed by atoms with Crippen molar-refractivity contribution in [2.45, 2.75) is 19.6 Å². The van der Waals surface area contributed by atoms with Crippen molar-refractivity contribution in [2.24, 2.45) is 0 Å². The van der Waals surface area contributed by atoms with Crippen molar-refractivity contribution in [2.75, 3.05) is 0 Å². The third-order valence-corrected chi connectivity index (χ3v) is 8.39. The Kier molecular flexibility index (Phi) is 4.92. The van der Waals surface area contributed by atoms with Crippen LogP contribution in [-0.4, -0.2) is 5.79 Å². The minimum Gasteiger partial charge on any atom is -0.456 e. The summed E-state index contributed by atoms with van der Waals surface area (Å²) in [6, 6.07) is 41.7. The number of hydrogen-bond acceptors (Lipinski definition) is 4. The lowest BCUT2D eigenvalue weighted by Crippen LogP contribution is -2.34. The van der Waals surface area contributed by atoms with Gasteiger partial charge in [-0.05, 0) is 65.2 Å². The zero-order chi connectivity index (χ0) is 28.7. The molecule has 0 unspecified atom stereocenters. The van der Waals surface area contributed by atoms with Crippen molar-refractivity contribution in [1.82, 2.24) is 0 Å². The third-order valence-electron chi connectivity index (χ3n) is 8.39. The Morgan fingerprint density at radius 2 is 1.07 bits per heavy atom. The first-order chi connectivity index (χ1) is 21.0. The molecule has 0 saturated carbocycles. The molecule has 4 heteroatoms. The van der Waals surface area contributed by atoms with Crippen LogP contribution in [0, 0.1) is 0 Å². The Hall–Kier alpha value is -5.48. The largest absolute Gasteiger partial charge is 0.456 e. The molecule has 0 radical (unpaired) electrons. The third kappa shape index (κ3) is 3.76. The molecule has 0 atom stereocenters. The first-order valence-corrected chi connectivity index (χ1v) is 14.5. The average Bonchev–Trinajstić information content (AvgIpc) is 3.56. The molecule has 43 heavy (non-hydrogen) atoms. The van der Waals surface area contributed by atoms with Gasteiger partial charge in [0.1, 0.15) is 33.8 Å². The van der Waals surface area contributed by atoms with Gasteiger partial charge in [-0.15, -0.1) is 0 Å². The van der Waals surface area contributed by atoms with Gasteiger partial charge in [-0.1, -0.05) is 72.8 Å². The van der Waals surface area contributed by atoms with E-state index in [-0.39, 0.29) is 0 Å². The molecule has 6 aromatic carbocycles. The lowest BCUT2D eigenvalue weighted by molar-refractivity contribution is -0.0778. The minimum atomic E-state index is -0.860. The summed E-state index contributed by atoms with van der Waals surface area (Å²) < 4.78 is 25.5. The highest BCUT2D eigenvalue weighted by molar-refractivity contribution is 6.10. The Bertz CT molecular complexity index is 2390. The molecule has 0 saturated heterocycles. The highest BCUT2D eigenvalue weighted by Gasteiger charge is 2.30. The van der Waals surface area contributed by atoms with Gasteiger partial charge in [0.05, 0.1) is 0 Å². The summed E-state index contributed by atoms with van der Waals surface area (Å²) in [5, 5.41) is 4.46. The summed E-state index contributed by atoms with van der Waals surface area (Å²) in [7, 11) is 0. The van der Waals surface area contributed by atoms with Crippen LogP contribution in [0.15, 0.2) is 130 Å². The Labute approximate surface area is 247 Å². The van der Waals surface area contributed by atoms with Gasteiger partial charge < -0.3 is 18.3 Å². The highest BCUT2D eigenvalue weighted by atomic mass is 16.7. The number of rotatable bonds is 2. The molecule has 3 heterocycles. The normalized spacial score (nSPS) is 13.9. The molecule has 1 aliphatic rings. The Morgan fingerprint density at radius 1 is 0.419 bits per heavy atom. The van der Waals surface area contributed by atoms with Gasteiger partial charge >= 0.3 is 0 Å². The van der Waals surface area contributed by atoms with E-state index in [4.69, 9.17) is 18.3 Å². The fraction of sp³-hybridized carbons (Fsp3) is 0.0769. The van der Waals surface area contributed by atoms with Crippen molar-refractivity contribution < 1.29 is 18.3 Å². The number of ether oxygens (including phenoxy) is 2. The van der Waals surface area contributed by atoms with E-state index in [0.29, 0.717) is 0 Å². The van der Waals surface area contributed by atoms with Crippen LogP contribution in [0.1, 0.15) is 13.8 Å². The zero-order valence-electron chi connectivity index (χ0n) is 23.7. The molecular weight excluding hydrogens is 532 g/mol. The molecule has 0 N–H and O–H groups in total. The van der Waals surface area contributed by atoms with Crippen LogP contribution in [0.25, 0.3) is 77.3 Å². The molecule has 0 spiro atoms. The van der Waals surface area contributed by atoms with Crippen molar-refractivity contribution in [3.8, 4) is 44.9 Å². The standard InChI is InChI=1S/C39H26O4/c1-39(2)42-35-19-16-25(26-10-7-11-31-28-9-4-6-13-34(28)41-38(26)31)20-32(35)30-18-15-24(22-37(30)43-39)23-14-17-29-27-8-3-5-12-33(27)40-36(29)21-23/h3-22H,1-2H3. The van der Waals surface area contributed by atoms with Crippen LogP contribution in [0.3, 0.4) is 0 Å². The summed E-state index contributed by atoms with van der Waals surface area (Å²) >= 11 is 0. The van der Waals surface area contributed by atoms with Crippen LogP contribution >= 0.6 is 0 Å². The number of fused-ring (bicyclic) bond motifs is 9. The summed E-state index contributed by atoms with van der Waals surface area (Å²) in [5.74, 6) is 0.687. The second-order valence-electron chi connectivity index (χ2n) is 11.6. The molecule has 1 aliphatic heterocycles.